The molecule has 1 aliphatic rings. The van der Waals surface area contributed by atoms with Crippen LogP contribution in [0.5, 0.6) is 0 Å². The lowest BCUT2D eigenvalue weighted by Crippen LogP contribution is -2.06. The van der Waals surface area contributed by atoms with Gasteiger partial charge in [0.05, 0.1) is 0 Å². The van der Waals surface area contributed by atoms with Gasteiger partial charge in [-0.25, -0.2) is 0 Å². The number of ketones is 2. The van der Waals surface area contributed by atoms with Crippen molar-refractivity contribution in [1.82, 2.24) is 0 Å². The molecule has 2 nitrogen and oxygen atoms in total. The molecule has 158 valence electrons. The van der Waals surface area contributed by atoms with Crippen LogP contribution in [0.3, 0.4) is 0 Å². The Labute approximate surface area is 173 Å². The molecule has 28 heavy (non-hydrogen) atoms. The number of carbonyl (C=O) groups is 2. The minimum atomic E-state index is -0.0799. The summed E-state index contributed by atoms with van der Waals surface area (Å²) < 4.78 is 0. The van der Waals surface area contributed by atoms with Gasteiger partial charge in [-0.3, -0.25) is 9.59 Å². The highest BCUT2D eigenvalue weighted by atomic mass is 16.1. The lowest BCUT2D eigenvalue weighted by molar-refractivity contribution is -0.114. The van der Waals surface area contributed by atoms with E-state index < -0.39 is 0 Å². The molecular formula is C26H42O2. The molecule has 0 saturated heterocycles. The average molecular weight is 387 g/mol. The van der Waals surface area contributed by atoms with E-state index in [2.05, 4.69) is 40.7 Å². The molecule has 0 N–H and O–H groups in total. The van der Waals surface area contributed by atoms with Crippen molar-refractivity contribution in [3.8, 4) is 0 Å². The van der Waals surface area contributed by atoms with E-state index in [-0.39, 0.29) is 11.6 Å². The second-order valence-electron chi connectivity index (χ2n) is 9.38. The third-order valence-corrected chi connectivity index (χ3v) is 5.84. The molecule has 1 aliphatic carbocycles. The highest BCUT2D eigenvalue weighted by Gasteiger charge is 2.12. The van der Waals surface area contributed by atoms with E-state index in [0.717, 1.165) is 24.2 Å². The van der Waals surface area contributed by atoms with E-state index in [9.17, 15) is 9.59 Å². The lowest BCUT2D eigenvalue weighted by Gasteiger charge is -2.15. The summed E-state index contributed by atoms with van der Waals surface area (Å²) in [7, 11) is 0. The van der Waals surface area contributed by atoms with Gasteiger partial charge in [0.15, 0.2) is 11.6 Å². The molecule has 0 unspecified atom stereocenters. The predicted molar refractivity (Wildman–Crippen MR) is 120 cm³/mol. The van der Waals surface area contributed by atoms with Crippen molar-refractivity contribution in [2.24, 2.45) is 17.8 Å². The zero-order chi connectivity index (χ0) is 20.9. The number of hydrogen-bond acceptors (Lipinski definition) is 2. The second kappa shape index (κ2) is 13.7. The van der Waals surface area contributed by atoms with Gasteiger partial charge in [-0.1, -0.05) is 84.3 Å². The van der Waals surface area contributed by atoms with Crippen molar-refractivity contribution in [1.29, 1.82) is 0 Å². The third-order valence-electron chi connectivity index (χ3n) is 5.84. The Morgan fingerprint density at radius 1 is 0.857 bits per heavy atom. The maximum absolute atomic E-state index is 11.8. The van der Waals surface area contributed by atoms with E-state index in [1.54, 1.807) is 0 Å². The fraction of sp³-hybridized carbons (Fsp3) is 0.692. The molecule has 2 heteroatoms. The van der Waals surface area contributed by atoms with E-state index >= 15 is 0 Å². The number of carbonyl (C=O) groups excluding carboxylic acids is 2. The van der Waals surface area contributed by atoms with Crippen molar-refractivity contribution in [2.45, 2.75) is 98.8 Å². The van der Waals surface area contributed by atoms with Gasteiger partial charge in [-0.05, 0) is 62.2 Å². The summed E-state index contributed by atoms with van der Waals surface area (Å²) in [6, 6.07) is 0. The van der Waals surface area contributed by atoms with Gasteiger partial charge in [0.1, 0.15) is 0 Å². The summed E-state index contributed by atoms with van der Waals surface area (Å²) in [5, 5.41) is 0. The van der Waals surface area contributed by atoms with Crippen molar-refractivity contribution in [3.63, 3.8) is 0 Å². The molecular weight excluding hydrogens is 344 g/mol. The zero-order valence-corrected chi connectivity index (χ0v) is 18.9. The minimum absolute atomic E-state index is 0.0318. The molecule has 0 radical (unpaired) electrons. The first-order chi connectivity index (χ1) is 13.3. The fourth-order valence-electron chi connectivity index (χ4n) is 3.81. The van der Waals surface area contributed by atoms with Crippen LogP contribution in [0.25, 0.3) is 0 Å². The van der Waals surface area contributed by atoms with Crippen LogP contribution in [-0.4, -0.2) is 11.6 Å². The Morgan fingerprint density at radius 2 is 1.43 bits per heavy atom. The molecule has 0 amide bonds. The quantitative estimate of drug-likeness (QED) is 0.230. The van der Waals surface area contributed by atoms with Crippen LogP contribution in [0.4, 0.5) is 0 Å². The van der Waals surface area contributed by atoms with Crippen LogP contribution in [-0.2, 0) is 9.59 Å². The van der Waals surface area contributed by atoms with Crippen LogP contribution in [0.1, 0.15) is 98.8 Å². The summed E-state index contributed by atoms with van der Waals surface area (Å²) in [4.78, 5) is 23.1. The molecule has 0 aromatic rings. The van der Waals surface area contributed by atoms with E-state index in [1.807, 2.05) is 0 Å². The minimum Gasteiger partial charge on any atom is -0.290 e. The molecule has 0 fully saturated rings. The lowest BCUT2D eigenvalue weighted by atomic mass is 9.91. The summed E-state index contributed by atoms with van der Waals surface area (Å²) in [5.74, 6) is 2.39. The van der Waals surface area contributed by atoms with Gasteiger partial charge < -0.3 is 0 Å². The highest BCUT2D eigenvalue weighted by Crippen LogP contribution is 2.22. The molecule has 0 heterocycles. The Hall–Kier alpha value is -1.44. The summed E-state index contributed by atoms with van der Waals surface area (Å²) in [6.45, 7) is 11.6. The second-order valence-corrected chi connectivity index (χ2v) is 9.38. The number of hydrogen-bond donors (Lipinski definition) is 0. The summed E-state index contributed by atoms with van der Waals surface area (Å²) >= 11 is 0. The normalized spacial score (nSPS) is 17.2. The first kappa shape index (κ1) is 24.6. The first-order valence-electron chi connectivity index (χ1n) is 11.4. The zero-order valence-electron chi connectivity index (χ0n) is 18.9. The fourth-order valence-corrected chi connectivity index (χ4v) is 3.81. The third kappa shape index (κ3) is 11.4. The highest BCUT2D eigenvalue weighted by molar-refractivity contribution is 6.17. The van der Waals surface area contributed by atoms with Gasteiger partial charge in [-0.15, -0.1) is 0 Å². The van der Waals surface area contributed by atoms with E-state index in [1.165, 1.54) is 75.2 Å². The van der Waals surface area contributed by atoms with Crippen molar-refractivity contribution < 1.29 is 9.59 Å². The van der Waals surface area contributed by atoms with Crippen molar-refractivity contribution in [2.75, 3.05) is 0 Å². The molecule has 2 atom stereocenters. The largest absolute Gasteiger partial charge is 0.290 e. The van der Waals surface area contributed by atoms with Gasteiger partial charge in [0.2, 0.25) is 0 Å². The van der Waals surface area contributed by atoms with Crippen LogP contribution in [0.15, 0.2) is 35.5 Å². The molecule has 1 rings (SSSR count). The smallest absolute Gasteiger partial charge is 0.182 e. The van der Waals surface area contributed by atoms with Crippen LogP contribution >= 0.6 is 0 Å². The van der Waals surface area contributed by atoms with Crippen LogP contribution in [0, 0.1) is 17.8 Å². The number of allylic oxidation sites excluding steroid dienone is 6. The Morgan fingerprint density at radius 3 is 2.04 bits per heavy atom. The van der Waals surface area contributed by atoms with E-state index in [4.69, 9.17) is 0 Å². The monoisotopic (exact) mass is 386 g/mol. The SMILES string of the molecule is CC(=CCC1=CC(=O)C=CC1=O)CCC[C@H](C)CCC[C@H](C)CCCC(C)C. The van der Waals surface area contributed by atoms with Crippen molar-refractivity contribution >= 4 is 11.6 Å². The Kier molecular flexibility index (Phi) is 12.0. The number of rotatable bonds is 14. The summed E-state index contributed by atoms with van der Waals surface area (Å²) in [5.41, 5.74) is 1.93. The van der Waals surface area contributed by atoms with Gasteiger partial charge >= 0.3 is 0 Å². The topological polar surface area (TPSA) is 34.1 Å². The molecule has 0 saturated carbocycles. The van der Waals surface area contributed by atoms with Crippen LogP contribution < -0.4 is 0 Å². The average Bonchev–Trinajstić information content (AvgIpc) is 2.62. The molecule has 0 bridgehead atoms. The van der Waals surface area contributed by atoms with Gasteiger partial charge in [-0.2, -0.15) is 0 Å². The molecule has 0 aromatic carbocycles. The maximum Gasteiger partial charge on any atom is 0.182 e. The molecule has 0 spiro atoms. The summed E-state index contributed by atoms with van der Waals surface area (Å²) in [6.07, 6.45) is 18.7. The maximum atomic E-state index is 11.8. The van der Waals surface area contributed by atoms with Crippen LogP contribution in [0.2, 0.25) is 0 Å². The van der Waals surface area contributed by atoms with E-state index in [0.29, 0.717) is 12.0 Å². The molecule has 0 aromatic heterocycles. The molecule has 0 aliphatic heterocycles. The predicted octanol–water partition coefficient (Wildman–Crippen LogP) is 7.40. The standard InChI is InChI=1S/C26H42O2/c1-20(2)9-6-10-21(3)11-7-12-22(4)13-8-14-23(5)15-16-24-19-25(27)17-18-26(24)28/h15,17-22H,6-14,16H2,1-5H3/t21-,22-/m1/s1. The Bertz CT molecular complexity index is 577. The first-order valence-corrected chi connectivity index (χ1v) is 11.4. The van der Waals surface area contributed by atoms with Gasteiger partial charge in [0.25, 0.3) is 0 Å². The van der Waals surface area contributed by atoms with Gasteiger partial charge in [0, 0.05) is 5.57 Å². The van der Waals surface area contributed by atoms with Crippen molar-refractivity contribution in [3.05, 3.63) is 35.5 Å². The Balaban J connectivity index is 2.14.